The molecular weight excluding hydrogens is 156 g/mol. The van der Waals surface area contributed by atoms with Crippen LogP contribution in [0.2, 0.25) is 0 Å². The summed E-state index contributed by atoms with van der Waals surface area (Å²) in [6.07, 6.45) is 0.260. The molecule has 1 rings (SSSR count). The Bertz CT molecular complexity index is 186. The standard InChI is InChI=1S/C9H16O3/c1-6-5-9(3,4)12-8(10)11-7(6)2/h6-7H,5H2,1-4H3. The van der Waals surface area contributed by atoms with Crippen molar-refractivity contribution in [3.8, 4) is 0 Å². The third kappa shape index (κ3) is 2.13. The average molecular weight is 172 g/mol. The quantitative estimate of drug-likeness (QED) is 0.526. The fraction of sp³-hybridized carbons (Fsp3) is 0.889. The van der Waals surface area contributed by atoms with Gasteiger partial charge < -0.3 is 9.47 Å². The van der Waals surface area contributed by atoms with Crippen molar-refractivity contribution in [1.29, 1.82) is 0 Å². The number of rotatable bonds is 0. The molecule has 0 saturated carbocycles. The van der Waals surface area contributed by atoms with E-state index in [1.165, 1.54) is 0 Å². The van der Waals surface area contributed by atoms with Gasteiger partial charge in [0.25, 0.3) is 0 Å². The van der Waals surface area contributed by atoms with Crippen molar-refractivity contribution in [3.63, 3.8) is 0 Å². The highest BCUT2D eigenvalue weighted by molar-refractivity contribution is 5.61. The van der Waals surface area contributed by atoms with E-state index in [4.69, 9.17) is 9.47 Å². The summed E-state index contributed by atoms with van der Waals surface area (Å²) in [5.74, 6) is 0.353. The maximum atomic E-state index is 11.0. The van der Waals surface area contributed by atoms with E-state index in [1.807, 2.05) is 20.8 Å². The van der Waals surface area contributed by atoms with Gasteiger partial charge in [-0.15, -0.1) is 0 Å². The summed E-state index contributed by atoms with van der Waals surface area (Å²) < 4.78 is 10.1. The van der Waals surface area contributed by atoms with Gasteiger partial charge in [-0.25, -0.2) is 4.79 Å². The molecule has 0 N–H and O–H groups in total. The Morgan fingerprint density at radius 1 is 1.42 bits per heavy atom. The van der Waals surface area contributed by atoms with Gasteiger partial charge in [0.2, 0.25) is 0 Å². The van der Waals surface area contributed by atoms with Gasteiger partial charge in [0, 0.05) is 0 Å². The summed E-state index contributed by atoms with van der Waals surface area (Å²) >= 11 is 0. The number of hydrogen-bond acceptors (Lipinski definition) is 3. The lowest BCUT2D eigenvalue weighted by Crippen LogP contribution is -2.27. The Labute approximate surface area is 73.0 Å². The first-order valence-electron chi connectivity index (χ1n) is 4.30. The molecule has 70 valence electrons. The van der Waals surface area contributed by atoms with Crippen LogP contribution in [0.4, 0.5) is 4.79 Å². The first-order chi connectivity index (χ1) is 5.41. The lowest BCUT2D eigenvalue weighted by atomic mass is 9.92. The molecule has 0 aliphatic carbocycles. The molecule has 0 aromatic heterocycles. The van der Waals surface area contributed by atoms with Crippen molar-refractivity contribution in [3.05, 3.63) is 0 Å². The van der Waals surface area contributed by atoms with Crippen LogP contribution < -0.4 is 0 Å². The number of carbonyl (C=O) groups is 1. The van der Waals surface area contributed by atoms with Gasteiger partial charge in [-0.05, 0) is 33.1 Å². The molecule has 1 heterocycles. The van der Waals surface area contributed by atoms with E-state index in [1.54, 1.807) is 0 Å². The van der Waals surface area contributed by atoms with Crippen molar-refractivity contribution in [2.24, 2.45) is 5.92 Å². The molecule has 2 unspecified atom stereocenters. The monoisotopic (exact) mass is 172 g/mol. The van der Waals surface area contributed by atoms with Crippen LogP contribution in [0.25, 0.3) is 0 Å². The topological polar surface area (TPSA) is 35.5 Å². The third-order valence-corrected chi connectivity index (χ3v) is 2.26. The molecule has 0 aromatic rings. The summed E-state index contributed by atoms with van der Waals surface area (Å²) in [6, 6.07) is 0. The van der Waals surface area contributed by atoms with Gasteiger partial charge in [-0.1, -0.05) is 6.92 Å². The van der Waals surface area contributed by atoms with Gasteiger partial charge in [-0.2, -0.15) is 0 Å². The van der Waals surface area contributed by atoms with Gasteiger partial charge >= 0.3 is 6.16 Å². The van der Waals surface area contributed by atoms with E-state index in [-0.39, 0.29) is 11.7 Å². The maximum Gasteiger partial charge on any atom is 0.509 e. The van der Waals surface area contributed by atoms with E-state index in [0.29, 0.717) is 5.92 Å². The molecule has 0 bridgehead atoms. The molecule has 1 aliphatic heterocycles. The summed E-state index contributed by atoms with van der Waals surface area (Å²) in [5.41, 5.74) is -0.388. The van der Waals surface area contributed by atoms with Crippen LogP contribution in [-0.4, -0.2) is 17.9 Å². The van der Waals surface area contributed by atoms with Crippen LogP contribution in [-0.2, 0) is 9.47 Å². The summed E-state index contributed by atoms with van der Waals surface area (Å²) in [4.78, 5) is 11.0. The molecule has 1 aliphatic rings. The first kappa shape index (κ1) is 9.36. The highest BCUT2D eigenvalue weighted by Crippen LogP contribution is 2.28. The SMILES string of the molecule is CC1CC(C)(C)OC(=O)OC1C. The molecule has 3 heteroatoms. The van der Waals surface area contributed by atoms with Gasteiger partial charge in [0.1, 0.15) is 11.7 Å². The molecule has 0 amide bonds. The maximum absolute atomic E-state index is 11.0. The zero-order valence-electron chi connectivity index (χ0n) is 8.09. The summed E-state index contributed by atoms with van der Waals surface area (Å²) in [7, 11) is 0. The second-order valence-electron chi connectivity index (χ2n) is 4.12. The smallest absolute Gasteiger partial charge is 0.431 e. The minimum absolute atomic E-state index is 0.0423. The number of cyclic esters (lactones) is 2. The fourth-order valence-electron chi connectivity index (χ4n) is 1.50. The number of carbonyl (C=O) groups excluding carboxylic acids is 1. The highest BCUT2D eigenvalue weighted by atomic mass is 16.7. The van der Waals surface area contributed by atoms with Crippen LogP contribution in [0.15, 0.2) is 0 Å². The Morgan fingerprint density at radius 3 is 2.58 bits per heavy atom. The predicted molar refractivity (Wildman–Crippen MR) is 44.9 cm³/mol. The van der Waals surface area contributed by atoms with Crippen LogP contribution in [0.1, 0.15) is 34.1 Å². The first-order valence-corrected chi connectivity index (χ1v) is 4.30. The van der Waals surface area contributed by atoms with Crippen LogP contribution in [0.5, 0.6) is 0 Å². The average Bonchev–Trinajstić information content (AvgIpc) is 1.89. The van der Waals surface area contributed by atoms with Crippen molar-refractivity contribution < 1.29 is 14.3 Å². The molecule has 3 nitrogen and oxygen atoms in total. The number of hydrogen-bond donors (Lipinski definition) is 0. The highest BCUT2D eigenvalue weighted by Gasteiger charge is 2.34. The second kappa shape index (κ2) is 2.96. The molecule has 2 atom stereocenters. The lowest BCUT2D eigenvalue weighted by Gasteiger charge is -2.22. The van der Waals surface area contributed by atoms with Crippen molar-refractivity contribution in [1.82, 2.24) is 0 Å². The lowest BCUT2D eigenvalue weighted by molar-refractivity contribution is -0.00586. The van der Waals surface area contributed by atoms with Crippen LogP contribution in [0, 0.1) is 5.92 Å². The minimum Gasteiger partial charge on any atom is -0.431 e. The van der Waals surface area contributed by atoms with Crippen LogP contribution in [0.3, 0.4) is 0 Å². The zero-order valence-corrected chi connectivity index (χ0v) is 8.09. The van der Waals surface area contributed by atoms with Crippen LogP contribution >= 0.6 is 0 Å². The van der Waals surface area contributed by atoms with E-state index >= 15 is 0 Å². The number of ether oxygens (including phenoxy) is 2. The van der Waals surface area contributed by atoms with E-state index in [2.05, 4.69) is 6.92 Å². The second-order valence-corrected chi connectivity index (χ2v) is 4.12. The molecule has 12 heavy (non-hydrogen) atoms. The van der Waals surface area contributed by atoms with E-state index in [0.717, 1.165) is 6.42 Å². The normalized spacial score (nSPS) is 34.8. The summed E-state index contributed by atoms with van der Waals surface area (Å²) in [6.45, 7) is 7.77. The van der Waals surface area contributed by atoms with Gasteiger partial charge in [-0.3, -0.25) is 0 Å². The van der Waals surface area contributed by atoms with Gasteiger partial charge in [0.05, 0.1) is 0 Å². The molecule has 0 radical (unpaired) electrons. The molecule has 0 aromatic carbocycles. The largest absolute Gasteiger partial charge is 0.509 e. The van der Waals surface area contributed by atoms with Gasteiger partial charge in [0.15, 0.2) is 0 Å². The fourth-order valence-corrected chi connectivity index (χ4v) is 1.50. The molecule has 1 saturated heterocycles. The third-order valence-electron chi connectivity index (χ3n) is 2.26. The van der Waals surface area contributed by atoms with E-state index in [9.17, 15) is 4.79 Å². The minimum atomic E-state index is -0.545. The van der Waals surface area contributed by atoms with E-state index < -0.39 is 6.16 Å². The molecule has 0 spiro atoms. The van der Waals surface area contributed by atoms with Crippen molar-refractivity contribution in [2.45, 2.75) is 45.8 Å². The Hall–Kier alpha value is -0.730. The Kier molecular flexibility index (Phi) is 2.31. The Balaban J connectivity index is 2.73. The summed E-state index contributed by atoms with van der Waals surface area (Å²) in [5, 5.41) is 0. The molecular formula is C9H16O3. The Morgan fingerprint density at radius 2 is 2.00 bits per heavy atom. The van der Waals surface area contributed by atoms with Crippen molar-refractivity contribution >= 4 is 6.16 Å². The molecule has 1 fully saturated rings. The predicted octanol–water partition coefficient (Wildman–Crippen LogP) is 2.35. The zero-order chi connectivity index (χ0) is 9.35. The van der Waals surface area contributed by atoms with Crippen molar-refractivity contribution in [2.75, 3.05) is 0 Å².